The molecule has 5 nitrogen and oxygen atoms in total. The molecule has 2 aromatic heterocycles. The van der Waals surface area contributed by atoms with Crippen molar-refractivity contribution in [3.05, 3.63) is 35.0 Å². The van der Waals surface area contributed by atoms with Gasteiger partial charge in [-0.25, -0.2) is 9.97 Å². The van der Waals surface area contributed by atoms with Crippen molar-refractivity contribution in [3.63, 3.8) is 0 Å². The molecule has 0 atom stereocenters. The normalized spacial score (nSPS) is 10.6. The molecular weight excluding hydrogens is 284 g/mol. The standard InChI is InChI=1S/C15H22N4OS/c1-4-19(5-2)15-18-11-13(21-15)10-16-8-12-6-7-14(20-3)17-9-12/h6-7,9,11,16H,4-5,8,10H2,1-3H3. The van der Waals surface area contributed by atoms with E-state index in [1.165, 1.54) is 4.88 Å². The predicted octanol–water partition coefficient (Wildman–Crippen LogP) is 2.68. The third kappa shape index (κ3) is 4.41. The number of nitrogens with one attached hydrogen (secondary N) is 1. The Morgan fingerprint density at radius 2 is 1.95 bits per heavy atom. The van der Waals surface area contributed by atoms with Crippen molar-refractivity contribution in [1.82, 2.24) is 15.3 Å². The van der Waals surface area contributed by atoms with Gasteiger partial charge in [-0.05, 0) is 19.4 Å². The first kappa shape index (κ1) is 15.7. The number of aromatic nitrogens is 2. The van der Waals surface area contributed by atoms with Crippen molar-refractivity contribution in [2.45, 2.75) is 26.9 Å². The van der Waals surface area contributed by atoms with Crippen LogP contribution >= 0.6 is 11.3 Å². The van der Waals surface area contributed by atoms with Gasteiger partial charge in [-0.3, -0.25) is 0 Å². The first-order valence-electron chi connectivity index (χ1n) is 7.16. The van der Waals surface area contributed by atoms with Crippen molar-refractivity contribution < 1.29 is 4.74 Å². The van der Waals surface area contributed by atoms with Crippen LogP contribution in [-0.4, -0.2) is 30.2 Å². The smallest absolute Gasteiger partial charge is 0.212 e. The lowest BCUT2D eigenvalue weighted by molar-refractivity contribution is 0.397. The Bertz CT molecular complexity index is 537. The average molecular weight is 306 g/mol. The molecule has 0 saturated heterocycles. The molecule has 6 heteroatoms. The molecular formula is C15H22N4OS. The van der Waals surface area contributed by atoms with E-state index >= 15 is 0 Å². The minimum absolute atomic E-state index is 0.644. The molecule has 0 unspecified atom stereocenters. The van der Waals surface area contributed by atoms with Crippen molar-refractivity contribution in [3.8, 4) is 5.88 Å². The van der Waals surface area contributed by atoms with Gasteiger partial charge in [-0.1, -0.05) is 6.07 Å². The van der Waals surface area contributed by atoms with E-state index in [2.05, 4.69) is 34.0 Å². The Morgan fingerprint density at radius 1 is 1.14 bits per heavy atom. The summed E-state index contributed by atoms with van der Waals surface area (Å²) in [7, 11) is 1.62. The molecule has 0 fully saturated rings. The van der Waals surface area contributed by atoms with E-state index in [9.17, 15) is 0 Å². The van der Waals surface area contributed by atoms with E-state index < -0.39 is 0 Å². The van der Waals surface area contributed by atoms with Gasteiger partial charge in [0.1, 0.15) is 0 Å². The van der Waals surface area contributed by atoms with E-state index in [1.54, 1.807) is 18.4 Å². The van der Waals surface area contributed by atoms with Crippen molar-refractivity contribution >= 4 is 16.5 Å². The summed E-state index contributed by atoms with van der Waals surface area (Å²) in [4.78, 5) is 12.2. The third-order valence-electron chi connectivity index (χ3n) is 3.21. The second-order valence-corrected chi connectivity index (χ2v) is 5.69. The van der Waals surface area contributed by atoms with Crippen molar-refractivity contribution in [2.75, 3.05) is 25.1 Å². The molecule has 1 N–H and O–H groups in total. The maximum atomic E-state index is 5.05. The minimum atomic E-state index is 0.644. The molecule has 0 radical (unpaired) electrons. The molecule has 2 aromatic rings. The van der Waals surface area contributed by atoms with Gasteiger partial charge in [0.15, 0.2) is 5.13 Å². The number of nitrogens with zero attached hydrogens (tertiary/aromatic N) is 3. The Hall–Kier alpha value is -1.66. The number of pyridine rings is 1. The number of thiazole rings is 1. The Balaban J connectivity index is 1.82. The Morgan fingerprint density at radius 3 is 2.57 bits per heavy atom. The maximum Gasteiger partial charge on any atom is 0.212 e. The van der Waals surface area contributed by atoms with Crippen LogP contribution in [0.3, 0.4) is 0 Å². The zero-order valence-electron chi connectivity index (χ0n) is 12.8. The van der Waals surface area contributed by atoms with Crippen LogP contribution in [0.15, 0.2) is 24.5 Å². The van der Waals surface area contributed by atoms with Gasteiger partial charge in [0.2, 0.25) is 5.88 Å². The van der Waals surface area contributed by atoms with Gasteiger partial charge in [0.25, 0.3) is 0 Å². The molecule has 21 heavy (non-hydrogen) atoms. The summed E-state index contributed by atoms with van der Waals surface area (Å²) in [6.07, 6.45) is 3.79. The van der Waals surface area contributed by atoms with E-state index in [0.717, 1.165) is 36.9 Å². The van der Waals surface area contributed by atoms with E-state index in [4.69, 9.17) is 4.74 Å². The van der Waals surface area contributed by atoms with Crippen LogP contribution in [0.4, 0.5) is 5.13 Å². The summed E-state index contributed by atoms with van der Waals surface area (Å²) < 4.78 is 5.05. The molecule has 0 saturated carbocycles. The van der Waals surface area contributed by atoms with Crippen LogP contribution in [0, 0.1) is 0 Å². The molecule has 0 aliphatic carbocycles. The number of anilines is 1. The van der Waals surface area contributed by atoms with Crippen molar-refractivity contribution in [1.29, 1.82) is 0 Å². The van der Waals surface area contributed by atoms with Crippen LogP contribution < -0.4 is 15.0 Å². The molecule has 0 aliphatic rings. The summed E-state index contributed by atoms with van der Waals surface area (Å²) in [5, 5.41) is 4.51. The van der Waals surface area contributed by atoms with Gasteiger partial charge in [-0.2, -0.15) is 0 Å². The number of rotatable bonds is 8. The first-order chi connectivity index (χ1) is 10.3. The van der Waals surface area contributed by atoms with Crippen LogP contribution in [0.2, 0.25) is 0 Å². The van der Waals surface area contributed by atoms with Gasteiger partial charge in [0.05, 0.1) is 7.11 Å². The largest absolute Gasteiger partial charge is 0.481 e. The van der Waals surface area contributed by atoms with E-state index in [-0.39, 0.29) is 0 Å². The quantitative estimate of drug-likeness (QED) is 0.812. The monoisotopic (exact) mass is 306 g/mol. The second kappa shape index (κ2) is 7.95. The maximum absolute atomic E-state index is 5.05. The zero-order valence-corrected chi connectivity index (χ0v) is 13.6. The van der Waals surface area contributed by atoms with Crippen LogP contribution in [-0.2, 0) is 13.1 Å². The van der Waals surface area contributed by atoms with Gasteiger partial charge in [-0.15, -0.1) is 11.3 Å². The van der Waals surface area contributed by atoms with E-state index in [1.807, 2.05) is 24.5 Å². The molecule has 0 aromatic carbocycles. The van der Waals surface area contributed by atoms with Crippen LogP contribution in [0.1, 0.15) is 24.3 Å². The van der Waals surface area contributed by atoms with Crippen LogP contribution in [0.5, 0.6) is 5.88 Å². The fourth-order valence-corrected chi connectivity index (χ4v) is 2.99. The molecule has 0 bridgehead atoms. The number of ether oxygens (including phenoxy) is 1. The second-order valence-electron chi connectivity index (χ2n) is 4.59. The molecule has 114 valence electrons. The lowest BCUT2D eigenvalue weighted by Gasteiger charge is -2.16. The molecule has 0 aliphatic heterocycles. The van der Waals surface area contributed by atoms with Gasteiger partial charge < -0.3 is 15.0 Å². The highest BCUT2D eigenvalue weighted by Crippen LogP contribution is 2.22. The highest BCUT2D eigenvalue weighted by Gasteiger charge is 2.07. The number of hydrogen-bond donors (Lipinski definition) is 1. The van der Waals surface area contributed by atoms with Gasteiger partial charge >= 0.3 is 0 Å². The molecule has 2 rings (SSSR count). The Labute approximate surface area is 130 Å². The molecule has 0 amide bonds. The highest BCUT2D eigenvalue weighted by molar-refractivity contribution is 7.15. The van der Waals surface area contributed by atoms with Crippen molar-refractivity contribution in [2.24, 2.45) is 0 Å². The summed E-state index contributed by atoms with van der Waals surface area (Å²) in [5.74, 6) is 0.644. The highest BCUT2D eigenvalue weighted by atomic mass is 32.1. The summed E-state index contributed by atoms with van der Waals surface area (Å²) in [6, 6.07) is 3.90. The summed E-state index contributed by atoms with van der Waals surface area (Å²) >= 11 is 1.75. The average Bonchev–Trinajstić information content (AvgIpc) is 2.98. The summed E-state index contributed by atoms with van der Waals surface area (Å²) in [5.41, 5.74) is 1.14. The lowest BCUT2D eigenvalue weighted by atomic mass is 10.3. The lowest BCUT2D eigenvalue weighted by Crippen LogP contribution is -2.21. The fourth-order valence-electron chi connectivity index (χ4n) is 1.99. The summed E-state index contributed by atoms with van der Waals surface area (Å²) in [6.45, 7) is 7.91. The zero-order chi connectivity index (χ0) is 15.1. The molecule has 2 heterocycles. The first-order valence-corrected chi connectivity index (χ1v) is 7.97. The Kier molecular flexibility index (Phi) is 5.95. The predicted molar refractivity (Wildman–Crippen MR) is 87.0 cm³/mol. The third-order valence-corrected chi connectivity index (χ3v) is 4.27. The van der Waals surface area contributed by atoms with E-state index in [0.29, 0.717) is 5.88 Å². The van der Waals surface area contributed by atoms with Gasteiger partial charge in [0, 0.05) is 49.5 Å². The molecule has 0 spiro atoms. The van der Waals surface area contributed by atoms with Crippen LogP contribution in [0.25, 0.3) is 0 Å². The topological polar surface area (TPSA) is 50.3 Å². The fraction of sp³-hybridized carbons (Fsp3) is 0.467. The minimum Gasteiger partial charge on any atom is -0.481 e. The SMILES string of the molecule is CCN(CC)c1ncc(CNCc2ccc(OC)nc2)s1. The number of methoxy groups -OCH3 is 1. The number of hydrogen-bond acceptors (Lipinski definition) is 6.